The molecule has 0 spiro atoms. The van der Waals surface area contributed by atoms with Crippen molar-refractivity contribution in [1.29, 1.82) is 0 Å². The Morgan fingerprint density at radius 3 is 2.11 bits per heavy atom. The predicted octanol–water partition coefficient (Wildman–Crippen LogP) is 3.79. The quantitative estimate of drug-likeness (QED) is 0.739. The normalized spacial score (nSPS) is 12.7. The summed E-state index contributed by atoms with van der Waals surface area (Å²) in [5.41, 5.74) is -0.0476. The van der Waals surface area contributed by atoms with Gasteiger partial charge in [-0.1, -0.05) is 19.3 Å². The van der Waals surface area contributed by atoms with Crippen LogP contribution in [-0.2, 0) is 6.42 Å². The summed E-state index contributed by atoms with van der Waals surface area (Å²) in [5, 5.41) is 8.94. The largest absolute Gasteiger partial charge is 0.393 e. The topological polar surface area (TPSA) is 20.2 Å². The van der Waals surface area contributed by atoms with Crippen LogP contribution in [0.25, 0.3) is 0 Å². The van der Waals surface area contributed by atoms with Gasteiger partial charge in [-0.15, -0.1) is 0 Å². The summed E-state index contributed by atoms with van der Waals surface area (Å²) in [7, 11) is 0. The first-order valence-corrected chi connectivity index (χ1v) is 6.15. The lowest BCUT2D eigenvalue weighted by Crippen LogP contribution is -2.00. The maximum atomic E-state index is 13.3. The molecule has 1 radical (unpaired) electrons. The van der Waals surface area contributed by atoms with Crippen LogP contribution < -0.4 is 0 Å². The fraction of sp³-hybridized carbons (Fsp3) is 0.500. The van der Waals surface area contributed by atoms with Crippen LogP contribution in [0.3, 0.4) is 0 Å². The zero-order valence-electron chi connectivity index (χ0n) is 10.3. The molecule has 1 atom stereocenters. The number of aliphatic hydroxyl groups excluding tert-OH is 1. The Balaban J connectivity index is 2.31. The van der Waals surface area contributed by atoms with Crippen LogP contribution in [0.5, 0.6) is 0 Å². The second-order valence-electron chi connectivity index (χ2n) is 4.45. The van der Waals surface area contributed by atoms with E-state index >= 15 is 0 Å². The molecule has 101 valence electrons. The van der Waals surface area contributed by atoms with Gasteiger partial charge in [-0.25, -0.2) is 13.2 Å². The molecule has 0 aromatic heterocycles. The maximum absolute atomic E-state index is 13.3. The Hall–Kier alpha value is -1.03. The number of benzene rings is 1. The Morgan fingerprint density at radius 2 is 1.56 bits per heavy atom. The number of rotatable bonds is 7. The van der Waals surface area contributed by atoms with Gasteiger partial charge in [-0.2, -0.15) is 0 Å². The van der Waals surface area contributed by atoms with E-state index in [0.717, 1.165) is 19.3 Å². The molecule has 0 fully saturated rings. The number of hydrogen-bond donors (Lipinski definition) is 1. The van der Waals surface area contributed by atoms with Gasteiger partial charge in [0.25, 0.3) is 0 Å². The highest BCUT2D eigenvalue weighted by Gasteiger charge is 2.10. The highest BCUT2D eigenvalue weighted by Crippen LogP contribution is 2.18. The summed E-state index contributed by atoms with van der Waals surface area (Å²) in [6.45, 7) is 3.46. The third-order valence-electron chi connectivity index (χ3n) is 2.82. The second kappa shape index (κ2) is 7.41. The van der Waals surface area contributed by atoms with E-state index in [-0.39, 0.29) is 12.0 Å². The van der Waals surface area contributed by atoms with E-state index in [9.17, 15) is 13.2 Å². The molecule has 0 aliphatic heterocycles. The predicted molar refractivity (Wildman–Crippen MR) is 64.5 cm³/mol. The molecule has 0 saturated heterocycles. The number of aliphatic hydroxyl groups is 1. The molecule has 1 rings (SSSR count). The first kappa shape index (κ1) is 15.0. The minimum Gasteiger partial charge on any atom is -0.393 e. The molecule has 1 aromatic carbocycles. The summed E-state index contributed by atoms with van der Waals surface area (Å²) in [5.74, 6) is -2.53. The number of unbranched alkanes of at least 4 members (excludes halogenated alkanes) is 3. The van der Waals surface area contributed by atoms with Crippen molar-refractivity contribution >= 4 is 0 Å². The van der Waals surface area contributed by atoms with Gasteiger partial charge in [-0.05, 0) is 26.2 Å². The fourth-order valence-electron chi connectivity index (χ4n) is 1.85. The van der Waals surface area contributed by atoms with Gasteiger partial charge in [0.05, 0.1) is 6.10 Å². The van der Waals surface area contributed by atoms with Gasteiger partial charge in [0, 0.05) is 17.7 Å². The third-order valence-corrected chi connectivity index (χ3v) is 2.82. The molecule has 1 nitrogen and oxygen atoms in total. The highest BCUT2D eigenvalue weighted by atomic mass is 19.1. The van der Waals surface area contributed by atoms with Gasteiger partial charge in [-0.3, -0.25) is 0 Å². The van der Waals surface area contributed by atoms with Crippen molar-refractivity contribution in [3.63, 3.8) is 0 Å². The molecular formula is C14H18F3O. The Morgan fingerprint density at radius 1 is 1.00 bits per heavy atom. The molecule has 4 heteroatoms. The van der Waals surface area contributed by atoms with Crippen LogP contribution in [0.1, 0.15) is 37.7 Å². The van der Waals surface area contributed by atoms with Crippen LogP contribution >= 0.6 is 0 Å². The van der Waals surface area contributed by atoms with Crippen molar-refractivity contribution in [2.75, 3.05) is 0 Å². The molecule has 1 N–H and O–H groups in total. The van der Waals surface area contributed by atoms with Crippen molar-refractivity contribution in [2.24, 2.45) is 0 Å². The van der Waals surface area contributed by atoms with E-state index < -0.39 is 23.6 Å². The molecule has 0 aliphatic rings. The molecule has 1 unspecified atom stereocenters. The van der Waals surface area contributed by atoms with E-state index in [1.807, 2.05) is 0 Å². The molecule has 18 heavy (non-hydrogen) atoms. The van der Waals surface area contributed by atoms with Crippen LogP contribution in [0, 0.1) is 24.4 Å². The molecule has 0 heterocycles. The summed E-state index contributed by atoms with van der Waals surface area (Å²) in [4.78, 5) is 0. The first-order valence-electron chi connectivity index (χ1n) is 6.15. The Labute approximate surface area is 106 Å². The van der Waals surface area contributed by atoms with Crippen molar-refractivity contribution < 1.29 is 18.3 Å². The molecule has 0 bridgehead atoms. The first-order chi connectivity index (χ1) is 8.50. The SMILES string of the molecule is [CH2]C(O)CCCCCCc1c(F)cc(F)cc1F. The van der Waals surface area contributed by atoms with Crippen LogP contribution in [0.4, 0.5) is 13.2 Å². The highest BCUT2D eigenvalue weighted by molar-refractivity contribution is 5.20. The lowest BCUT2D eigenvalue weighted by molar-refractivity contribution is 0.205. The fourth-order valence-corrected chi connectivity index (χ4v) is 1.85. The smallest absolute Gasteiger partial charge is 0.132 e. The molecular weight excluding hydrogens is 241 g/mol. The Kier molecular flexibility index (Phi) is 6.19. The second-order valence-corrected chi connectivity index (χ2v) is 4.45. The minimum absolute atomic E-state index is 0.0476. The van der Waals surface area contributed by atoms with Crippen molar-refractivity contribution in [3.05, 3.63) is 42.1 Å². The minimum atomic E-state index is -0.891. The lowest BCUT2D eigenvalue weighted by atomic mass is 10.0. The van der Waals surface area contributed by atoms with Crippen LogP contribution in [0.2, 0.25) is 0 Å². The third kappa shape index (κ3) is 5.08. The van der Waals surface area contributed by atoms with Gasteiger partial charge in [0.15, 0.2) is 0 Å². The molecule has 1 aromatic rings. The van der Waals surface area contributed by atoms with Gasteiger partial charge >= 0.3 is 0 Å². The summed E-state index contributed by atoms with van der Waals surface area (Å²) >= 11 is 0. The Bertz CT molecular complexity index is 354. The zero-order chi connectivity index (χ0) is 13.5. The lowest BCUT2D eigenvalue weighted by Gasteiger charge is -2.06. The molecule has 0 amide bonds. The van der Waals surface area contributed by atoms with Gasteiger partial charge < -0.3 is 5.11 Å². The molecule has 0 aliphatic carbocycles. The maximum Gasteiger partial charge on any atom is 0.132 e. The van der Waals surface area contributed by atoms with E-state index in [0.29, 0.717) is 25.0 Å². The number of halogens is 3. The summed E-state index contributed by atoms with van der Waals surface area (Å²) in [6, 6.07) is 1.41. The van der Waals surface area contributed by atoms with Crippen molar-refractivity contribution in [2.45, 2.75) is 44.6 Å². The monoisotopic (exact) mass is 259 g/mol. The average molecular weight is 259 g/mol. The molecule has 0 saturated carbocycles. The van der Waals surface area contributed by atoms with Gasteiger partial charge in [0.1, 0.15) is 17.5 Å². The standard InChI is InChI=1S/C14H18F3O/c1-10(18)6-4-2-3-5-7-12-13(16)8-11(15)9-14(12)17/h8-10,18H,1-7H2. The van der Waals surface area contributed by atoms with E-state index in [2.05, 4.69) is 6.92 Å². The van der Waals surface area contributed by atoms with Gasteiger partial charge in [0.2, 0.25) is 0 Å². The van der Waals surface area contributed by atoms with E-state index in [1.165, 1.54) is 0 Å². The van der Waals surface area contributed by atoms with E-state index in [4.69, 9.17) is 5.11 Å². The average Bonchev–Trinajstić information content (AvgIpc) is 2.25. The summed E-state index contributed by atoms with van der Waals surface area (Å²) in [6.07, 6.45) is 3.56. The summed E-state index contributed by atoms with van der Waals surface area (Å²) < 4.78 is 39.2. The zero-order valence-corrected chi connectivity index (χ0v) is 10.3. The van der Waals surface area contributed by atoms with E-state index in [1.54, 1.807) is 0 Å². The number of hydrogen-bond acceptors (Lipinski definition) is 1. The van der Waals surface area contributed by atoms with Crippen molar-refractivity contribution in [1.82, 2.24) is 0 Å². The van der Waals surface area contributed by atoms with Crippen LogP contribution in [-0.4, -0.2) is 11.2 Å². The van der Waals surface area contributed by atoms with Crippen LogP contribution in [0.15, 0.2) is 12.1 Å². The van der Waals surface area contributed by atoms with Crippen molar-refractivity contribution in [3.8, 4) is 0 Å².